The number of amides is 2. The van der Waals surface area contributed by atoms with Crippen molar-refractivity contribution in [1.82, 2.24) is 10.6 Å². The summed E-state index contributed by atoms with van der Waals surface area (Å²) < 4.78 is 0. The van der Waals surface area contributed by atoms with Crippen LogP contribution >= 0.6 is 0 Å². The number of aliphatic hydroxyl groups excluding tert-OH is 1. The Balaban J connectivity index is 1.72. The van der Waals surface area contributed by atoms with E-state index in [4.69, 9.17) is 5.11 Å². The third-order valence-electron chi connectivity index (χ3n) is 4.29. The maximum Gasteiger partial charge on any atom is 0.315 e. The first kappa shape index (κ1) is 17.3. The summed E-state index contributed by atoms with van der Waals surface area (Å²) in [6.45, 7) is 2.09. The van der Waals surface area contributed by atoms with Gasteiger partial charge in [0, 0.05) is 12.6 Å². The topological polar surface area (TPSA) is 98.7 Å². The second-order valence-electron chi connectivity index (χ2n) is 6.17. The second kappa shape index (κ2) is 7.97. The van der Waals surface area contributed by atoms with Crippen molar-refractivity contribution < 1.29 is 19.8 Å². The monoisotopic (exact) mass is 320 g/mol. The number of carbonyl (C=O) groups excluding carboxylic acids is 1. The van der Waals surface area contributed by atoms with Gasteiger partial charge in [-0.05, 0) is 38.2 Å². The lowest BCUT2D eigenvalue weighted by Crippen LogP contribution is -2.45. The molecule has 0 radical (unpaired) electrons. The van der Waals surface area contributed by atoms with Crippen LogP contribution in [0.4, 0.5) is 4.79 Å². The fraction of sp³-hybridized carbons (Fsp3) is 0.529. The molecule has 0 heterocycles. The van der Waals surface area contributed by atoms with E-state index in [-0.39, 0.29) is 24.5 Å². The van der Waals surface area contributed by atoms with E-state index in [0.29, 0.717) is 25.7 Å². The standard InChI is InChI=1S/C17H24N2O4/c1-11-3-2-4-13(9-11)15(20)10-18-17(23)19-14-7-5-12(6-8-14)16(21)22/h2-4,9,12,14-15,20H,5-8,10H2,1H3,(H,21,22)(H2,18,19,23). The van der Waals surface area contributed by atoms with Gasteiger partial charge < -0.3 is 20.8 Å². The first-order chi connectivity index (χ1) is 11.0. The largest absolute Gasteiger partial charge is 0.481 e. The van der Waals surface area contributed by atoms with Crippen molar-refractivity contribution >= 4 is 12.0 Å². The molecule has 6 nitrogen and oxygen atoms in total. The molecular formula is C17H24N2O4. The fourth-order valence-corrected chi connectivity index (χ4v) is 2.91. The third kappa shape index (κ3) is 5.25. The van der Waals surface area contributed by atoms with Crippen molar-refractivity contribution in [3.63, 3.8) is 0 Å². The molecule has 6 heteroatoms. The molecule has 0 bridgehead atoms. The van der Waals surface area contributed by atoms with Crippen LogP contribution in [0, 0.1) is 12.8 Å². The minimum atomic E-state index is -0.755. The van der Waals surface area contributed by atoms with E-state index in [1.165, 1.54) is 0 Å². The molecule has 1 aromatic rings. The highest BCUT2D eigenvalue weighted by Gasteiger charge is 2.26. The van der Waals surface area contributed by atoms with E-state index in [9.17, 15) is 14.7 Å². The number of aryl methyl sites for hydroxylation is 1. The Morgan fingerprint density at radius 2 is 1.96 bits per heavy atom. The normalized spacial score (nSPS) is 22.2. The molecule has 1 unspecified atom stereocenters. The summed E-state index contributed by atoms with van der Waals surface area (Å²) in [5.41, 5.74) is 1.83. The van der Waals surface area contributed by atoms with Crippen LogP contribution in [0.3, 0.4) is 0 Å². The van der Waals surface area contributed by atoms with Crippen LogP contribution in [-0.4, -0.2) is 34.8 Å². The molecule has 0 spiro atoms. The lowest BCUT2D eigenvalue weighted by Gasteiger charge is -2.27. The number of carbonyl (C=O) groups is 2. The van der Waals surface area contributed by atoms with Gasteiger partial charge >= 0.3 is 12.0 Å². The third-order valence-corrected chi connectivity index (χ3v) is 4.29. The average molecular weight is 320 g/mol. The zero-order chi connectivity index (χ0) is 16.8. The van der Waals surface area contributed by atoms with Gasteiger partial charge in [0.2, 0.25) is 0 Å². The van der Waals surface area contributed by atoms with Gasteiger partial charge in [0.05, 0.1) is 12.0 Å². The Labute approximate surface area is 135 Å². The van der Waals surface area contributed by atoms with Crippen LogP contribution in [0.5, 0.6) is 0 Å². The van der Waals surface area contributed by atoms with E-state index >= 15 is 0 Å². The molecule has 0 saturated heterocycles. The van der Waals surface area contributed by atoms with Crippen molar-refractivity contribution in [3.8, 4) is 0 Å². The first-order valence-electron chi connectivity index (χ1n) is 7.97. The summed E-state index contributed by atoms with van der Waals surface area (Å²) in [7, 11) is 0. The molecule has 1 aliphatic carbocycles. The number of hydrogen-bond acceptors (Lipinski definition) is 3. The number of carboxylic acids is 1. The summed E-state index contributed by atoms with van der Waals surface area (Å²) in [5.74, 6) is -1.05. The van der Waals surface area contributed by atoms with Crippen LogP contribution in [0.15, 0.2) is 24.3 Å². The van der Waals surface area contributed by atoms with Crippen LogP contribution in [0.2, 0.25) is 0 Å². The summed E-state index contributed by atoms with van der Waals surface area (Å²) in [4.78, 5) is 22.8. The molecule has 2 rings (SSSR count). The highest BCUT2D eigenvalue weighted by molar-refractivity contribution is 5.74. The Morgan fingerprint density at radius 3 is 2.57 bits per heavy atom. The maximum atomic E-state index is 11.9. The predicted octanol–water partition coefficient (Wildman–Crippen LogP) is 1.97. The molecule has 1 fully saturated rings. The number of benzene rings is 1. The van der Waals surface area contributed by atoms with Crippen LogP contribution < -0.4 is 10.6 Å². The highest BCUT2D eigenvalue weighted by Crippen LogP contribution is 2.24. The van der Waals surface area contributed by atoms with Gasteiger partial charge in [-0.1, -0.05) is 29.8 Å². The number of hydrogen-bond donors (Lipinski definition) is 4. The maximum absolute atomic E-state index is 11.9. The molecule has 23 heavy (non-hydrogen) atoms. The minimum Gasteiger partial charge on any atom is -0.481 e. The minimum absolute atomic E-state index is 0.00159. The number of nitrogens with one attached hydrogen (secondary N) is 2. The Morgan fingerprint density at radius 1 is 1.26 bits per heavy atom. The number of aliphatic hydroxyl groups is 1. The van der Waals surface area contributed by atoms with Crippen LogP contribution in [0.25, 0.3) is 0 Å². The van der Waals surface area contributed by atoms with Crippen molar-refractivity contribution in [3.05, 3.63) is 35.4 Å². The number of carboxylic acid groups (broad SMARTS) is 1. The zero-order valence-corrected chi connectivity index (χ0v) is 13.3. The van der Waals surface area contributed by atoms with E-state index in [2.05, 4.69) is 10.6 Å². The lowest BCUT2D eigenvalue weighted by atomic mass is 9.86. The number of aliphatic carboxylic acids is 1. The van der Waals surface area contributed by atoms with E-state index in [1.54, 1.807) is 0 Å². The SMILES string of the molecule is Cc1cccc(C(O)CNC(=O)NC2CCC(C(=O)O)CC2)c1. The Hall–Kier alpha value is -2.08. The quantitative estimate of drug-likeness (QED) is 0.666. The van der Waals surface area contributed by atoms with E-state index in [0.717, 1.165) is 11.1 Å². The van der Waals surface area contributed by atoms with Gasteiger partial charge in [-0.15, -0.1) is 0 Å². The number of rotatable bonds is 5. The van der Waals surface area contributed by atoms with Gasteiger partial charge in [-0.2, -0.15) is 0 Å². The van der Waals surface area contributed by atoms with E-state index < -0.39 is 12.1 Å². The molecule has 126 valence electrons. The van der Waals surface area contributed by atoms with Crippen molar-refractivity contribution in [2.24, 2.45) is 5.92 Å². The first-order valence-corrected chi connectivity index (χ1v) is 7.97. The average Bonchev–Trinajstić information content (AvgIpc) is 2.53. The summed E-state index contributed by atoms with van der Waals surface area (Å²) in [6.07, 6.45) is 1.78. The molecule has 2 amide bonds. The fourth-order valence-electron chi connectivity index (χ4n) is 2.91. The van der Waals surface area contributed by atoms with Crippen molar-refractivity contribution in [2.75, 3.05) is 6.54 Å². The van der Waals surface area contributed by atoms with Gasteiger partial charge in [-0.25, -0.2) is 4.79 Å². The van der Waals surface area contributed by atoms with Crippen LogP contribution in [0.1, 0.15) is 42.9 Å². The van der Waals surface area contributed by atoms with Gasteiger partial charge in [0.15, 0.2) is 0 Å². The highest BCUT2D eigenvalue weighted by atomic mass is 16.4. The van der Waals surface area contributed by atoms with Gasteiger partial charge in [-0.3, -0.25) is 4.79 Å². The lowest BCUT2D eigenvalue weighted by molar-refractivity contribution is -0.142. The predicted molar refractivity (Wildman–Crippen MR) is 86.1 cm³/mol. The molecule has 1 atom stereocenters. The Bertz CT molecular complexity index is 553. The smallest absolute Gasteiger partial charge is 0.315 e. The summed E-state index contributed by atoms with van der Waals surface area (Å²) in [5, 5.41) is 24.5. The number of urea groups is 1. The molecule has 1 aromatic carbocycles. The molecular weight excluding hydrogens is 296 g/mol. The summed E-state index contributed by atoms with van der Waals surface area (Å²) in [6, 6.07) is 7.21. The van der Waals surface area contributed by atoms with Gasteiger partial charge in [0.1, 0.15) is 0 Å². The molecule has 0 aliphatic heterocycles. The van der Waals surface area contributed by atoms with Crippen molar-refractivity contribution in [2.45, 2.75) is 44.8 Å². The van der Waals surface area contributed by atoms with E-state index in [1.807, 2.05) is 31.2 Å². The van der Waals surface area contributed by atoms with Gasteiger partial charge in [0.25, 0.3) is 0 Å². The molecule has 1 aliphatic rings. The molecule has 0 aromatic heterocycles. The molecule has 4 N–H and O–H groups in total. The zero-order valence-electron chi connectivity index (χ0n) is 13.3. The summed E-state index contributed by atoms with van der Waals surface area (Å²) >= 11 is 0. The van der Waals surface area contributed by atoms with Crippen molar-refractivity contribution in [1.29, 1.82) is 0 Å². The second-order valence-corrected chi connectivity index (χ2v) is 6.17. The van der Waals surface area contributed by atoms with Crippen LogP contribution in [-0.2, 0) is 4.79 Å². The molecule has 1 saturated carbocycles. The Kier molecular flexibility index (Phi) is 5.98.